The van der Waals surface area contributed by atoms with Crippen LogP contribution in [0.25, 0.3) is 0 Å². The summed E-state index contributed by atoms with van der Waals surface area (Å²) >= 11 is 0. The molecule has 0 aliphatic rings. The lowest BCUT2D eigenvalue weighted by Crippen LogP contribution is -2.32. The van der Waals surface area contributed by atoms with Gasteiger partial charge in [0.1, 0.15) is 18.2 Å². The van der Waals surface area contributed by atoms with E-state index in [2.05, 4.69) is 5.32 Å². The molecule has 6 heteroatoms. The van der Waals surface area contributed by atoms with Crippen LogP contribution in [0.3, 0.4) is 0 Å². The van der Waals surface area contributed by atoms with Crippen molar-refractivity contribution in [1.82, 2.24) is 5.32 Å². The number of esters is 1. The molecule has 2 aromatic carbocycles. The number of benzene rings is 2. The largest absolute Gasteiger partial charge is 0.492 e. The van der Waals surface area contributed by atoms with Crippen molar-refractivity contribution < 1.29 is 23.5 Å². The van der Waals surface area contributed by atoms with E-state index in [0.29, 0.717) is 5.75 Å². The minimum atomic E-state index is -0.876. The normalized spacial score (nSPS) is 9.96. The van der Waals surface area contributed by atoms with Crippen molar-refractivity contribution in [2.75, 3.05) is 19.8 Å². The minimum Gasteiger partial charge on any atom is -0.492 e. The summed E-state index contributed by atoms with van der Waals surface area (Å²) in [7, 11) is 0. The maximum absolute atomic E-state index is 13.4. The highest BCUT2D eigenvalue weighted by Crippen LogP contribution is 2.08. The van der Waals surface area contributed by atoms with Gasteiger partial charge >= 0.3 is 5.97 Å². The molecular weight excluding hydrogens is 301 g/mol. The van der Waals surface area contributed by atoms with Crippen molar-refractivity contribution in [2.24, 2.45) is 0 Å². The fraction of sp³-hybridized carbons (Fsp3) is 0.176. The monoisotopic (exact) mass is 317 g/mol. The van der Waals surface area contributed by atoms with Gasteiger partial charge in [-0.25, -0.2) is 9.18 Å². The van der Waals surface area contributed by atoms with Crippen molar-refractivity contribution in [3.8, 4) is 5.75 Å². The van der Waals surface area contributed by atoms with Crippen LogP contribution in [-0.2, 0) is 9.53 Å². The lowest BCUT2D eigenvalue weighted by Gasteiger charge is -2.08. The van der Waals surface area contributed by atoms with Crippen LogP contribution in [-0.4, -0.2) is 31.6 Å². The second-order valence-electron chi connectivity index (χ2n) is 4.57. The molecule has 0 heterocycles. The summed E-state index contributed by atoms with van der Waals surface area (Å²) in [4.78, 5) is 23.2. The summed E-state index contributed by atoms with van der Waals surface area (Å²) in [6.45, 7) is 0.0838. The Bertz CT molecular complexity index is 661. The van der Waals surface area contributed by atoms with E-state index in [9.17, 15) is 14.0 Å². The van der Waals surface area contributed by atoms with E-state index in [0.717, 1.165) is 6.07 Å². The number of rotatable bonds is 7. The first-order chi connectivity index (χ1) is 11.2. The van der Waals surface area contributed by atoms with Gasteiger partial charge in [-0.1, -0.05) is 30.3 Å². The van der Waals surface area contributed by atoms with Gasteiger partial charge in [0.05, 0.1) is 12.1 Å². The summed E-state index contributed by atoms with van der Waals surface area (Å²) < 4.78 is 23.5. The molecule has 0 unspecified atom stereocenters. The molecule has 0 radical (unpaired) electrons. The van der Waals surface area contributed by atoms with E-state index in [1.807, 2.05) is 18.2 Å². The maximum Gasteiger partial charge on any atom is 0.341 e. The first kappa shape index (κ1) is 16.5. The molecule has 120 valence electrons. The maximum atomic E-state index is 13.4. The number of ether oxygens (including phenoxy) is 2. The molecule has 0 saturated heterocycles. The SMILES string of the molecule is O=C(COC(=O)c1ccccc1F)NCCOc1ccccc1. The lowest BCUT2D eigenvalue weighted by molar-refractivity contribution is -0.124. The smallest absolute Gasteiger partial charge is 0.341 e. The molecule has 0 aliphatic carbocycles. The van der Waals surface area contributed by atoms with Crippen molar-refractivity contribution in [3.63, 3.8) is 0 Å². The summed E-state index contributed by atoms with van der Waals surface area (Å²) in [5.41, 5.74) is -0.201. The van der Waals surface area contributed by atoms with Crippen LogP contribution >= 0.6 is 0 Å². The molecule has 2 aromatic rings. The molecule has 1 N–H and O–H groups in total. The predicted molar refractivity (Wildman–Crippen MR) is 81.6 cm³/mol. The number of nitrogens with one attached hydrogen (secondary N) is 1. The van der Waals surface area contributed by atoms with Crippen LogP contribution in [0.2, 0.25) is 0 Å². The Balaban J connectivity index is 1.65. The fourth-order valence-corrected chi connectivity index (χ4v) is 1.76. The van der Waals surface area contributed by atoms with Crippen LogP contribution in [0.4, 0.5) is 4.39 Å². The van der Waals surface area contributed by atoms with Crippen LogP contribution in [0.15, 0.2) is 54.6 Å². The molecule has 0 fully saturated rings. The third-order valence-electron chi connectivity index (χ3n) is 2.86. The highest BCUT2D eigenvalue weighted by atomic mass is 19.1. The molecule has 0 aliphatic heterocycles. The second kappa shape index (κ2) is 8.53. The molecule has 1 amide bonds. The number of para-hydroxylation sites is 1. The molecule has 0 aromatic heterocycles. The summed E-state index contributed by atoms with van der Waals surface area (Å²) in [5.74, 6) is -1.34. The van der Waals surface area contributed by atoms with E-state index in [-0.39, 0.29) is 18.7 Å². The van der Waals surface area contributed by atoms with Gasteiger partial charge in [-0.3, -0.25) is 4.79 Å². The minimum absolute atomic E-state index is 0.201. The number of amides is 1. The first-order valence-electron chi connectivity index (χ1n) is 7.03. The first-order valence-corrected chi connectivity index (χ1v) is 7.03. The zero-order valence-electron chi connectivity index (χ0n) is 12.3. The molecule has 0 atom stereocenters. The van der Waals surface area contributed by atoms with Crippen molar-refractivity contribution >= 4 is 11.9 Å². The van der Waals surface area contributed by atoms with Gasteiger partial charge in [-0.2, -0.15) is 0 Å². The molecular formula is C17H16FNO4. The van der Waals surface area contributed by atoms with Crippen molar-refractivity contribution in [3.05, 3.63) is 66.0 Å². The van der Waals surface area contributed by atoms with Gasteiger partial charge in [-0.15, -0.1) is 0 Å². The van der Waals surface area contributed by atoms with E-state index in [4.69, 9.17) is 9.47 Å². The van der Waals surface area contributed by atoms with Crippen LogP contribution in [0.1, 0.15) is 10.4 Å². The van der Waals surface area contributed by atoms with Crippen LogP contribution in [0.5, 0.6) is 5.75 Å². The lowest BCUT2D eigenvalue weighted by atomic mass is 10.2. The van der Waals surface area contributed by atoms with Gasteiger partial charge in [0.15, 0.2) is 6.61 Å². The zero-order chi connectivity index (χ0) is 16.5. The molecule has 23 heavy (non-hydrogen) atoms. The van der Waals surface area contributed by atoms with Gasteiger partial charge in [-0.05, 0) is 24.3 Å². The predicted octanol–water partition coefficient (Wildman–Crippen LogP) is 2.18. The standard InChI is InChI=1S/C17H16FNO4/c18-15-9-5-4-8-14(15)17(21)23-12-16(20)19-10-11-22-13-6-2-1-3-7-13/h1-9H,10-12H2,(H,19,20). The fourth-order valence-electron chi connectivity index (χ4n) is 1.76. The third-order valence-corrected chi connectivity index (χ3v) is 2.86. The number of carbonyl (C=O) groups excluding carboxylic acids is 2. The number of hydrogen-bond acceptors (Lipinski definition) is 4. The van der Waals surface area contributed by atoms with E-state index in [1.54, 1.807) is 12.1 Å². The van der Waals surface area contributed by atoms with Crippen LogP contribution < -0.4 is 10.1 Å². The van der Waals surface area contributed by atoms with E-state index in [1.165, 1.54) is 18.2 Å². The van der Waals surface area contributed by atoms with Crippen molar-refractivity contribution in [1.29, 1.82) is 0 Å². The Morgan fingerprint density at radius 3 is 2.43 bits per heavy atom. The Kier molecular flexibility index (Phi) is 6.11. The Hall–Kier alpha value is -2.89. The number of halogens is 1. The third kappa shape index (κ3) is 5.43. The summed E-state index contributed by atoms with van der Waals surface area (Å²) in [6, 6.07) is 14.6. The Labute approximate surface area is 133 Å². The molecule has 0 spiro atoms. The quantitative estimate of drug-likeness (QED) is 0.628. The average Bonchev–Trinajstić information content (AvgIpc) is 2.58. The number of hydrogen-bond donors (Lipinski definition) is 1. The van der Waals surface area contributed by atoms with Gasteiger partial charge in [0.25, 0.3) is 5.91 Å². The second-order valence-corrected chi connectivity index (χ2v) is 4.57. The average molecular weight is 317 g/mol. The molecule has 0 saturated carbocycles. The van der Waals surface area contributed by atoms with Gasteiger partial charge < -0.3 is 14.8 Å². The summed E-state index contributed by atoms with van der Waals surface area (Å²) in [6.07, 6.45) is 0. The van der Waals surface area contributed by atoms with Gasteiger partial charge in [0, 0.05) is 0 Å². The Morgan fingerprint density at radius 1 is 1.00 bits per heavy atom. The highest BCUT2D eigenvalue weighted by Gasteiger charge is 2.13. The van der Waals surface area contributed by atoms with Crippen LogP contribution in [0, 0.1) is 5.82 Å². The highest BCUT2D eigenvalue weighted by molar-refractivity contribution is 5.91. The topological polar surface area (TPSA) is 64.6 Å². The zero-order valence-corrected chi connectivity index (χ0v) is 12.3. The van der Waals surface area contributed by atoms with E-state index >= 15 is 0 Å². The van der Waals surface area contributed by atoms with Crippen molar-refractivity contribution in [2.45, 2.75) is 0 Å². The molecule has 0 bridgehead atoms. The summed E-state index contributed by atoms with van der Waals surface area (Å²) in [5, 5.41) is 2.54. The molecule has 2 rings (SSSR count). The molecule has 5 nitrogen and oxygen atoms in total. The Morgan fingerprint density at radius 2 is 1.70 bits per heavy atom. The van der Waals surface area contributed by atoms with Gasteiger partial charge in [0.2, 0.25) is 0 Å². The number of carbonyl (C=O) groups is 2. The van der Waals surface area contributed by atoms with E-state index < -0.39 is 24.3 Å².